The first kappa shape index (κ1) is 15.0. The van der Waals surface area contributed by atoms with Gasteiger partial charge in [0.05, 0.1) is 6.10 Å². The van der Waals surface area contributed by atoms with E-state index in [1.54, 1.807) is 0 Å². The van der Waals surface area contributed by atoms with Gasteiger partial charge in [-0.2, -0.15) is 0 Å². The Morgan fingerprint density at radius 1 is 1.22 bits per heavy atom. The minimum Gasteiger partial charge on any atom is -0.475 e. The maximum Gasteiger partial charge on any atom is 0.214 e. The number of rotatable bonds is 8. The van der Waals surface area contributed by atoms with Gasteiger partial charge in [0.2, 0.25) is 5.88 Å². The van der Waals surface area contributed by atoms with Crippen LogP contribution in [0.25, 0.3) is 0 Å². The summed E-state index contributed by atoms with van der Waals surface area (Å²) in [5.74, 6) is 0.754. The maximum absolute atomic E-state index is 5.71. The lowest BCUT2D eigenvalue weighted by Crippen LogP contribution is -2.15. The third-order valence-corrected chi connectivity index (χ3v) is 2.53. The molecular formula is C15H26N2O. The molecule has 0 bridgehead atoms. The molecule has 3 heteroatoms. The van der Waals surface area contributed by atoms with Crippen molar-refractivity contribution < 1.29 is 4.74 Å². The van der Waals surface area contributed by atoms with Crippen LogP contribution in [0.4, 0.5) is 0 Å². The van der Waals surface area contributed by atoms with Gasteiger partial charge >= 0.3 is 0 Å². The third-order valence-electron chi connectivity index (χ3n) is 2.53. The summed E-state index contributed by atoms with van der Waals surface area (Å²) in [6, 6.07) is 4.22. The summed E-state index contributed by atoms with van der Waals surface area (Å²) in [4.78, 5) is 4.54. The Morgan fingerprint density at radius 3 is 2.61 bits per heavy atom. The van der Waals surface area contributed by atoms with Crippen LogP contribution in [0.1, 0.15) is 51.8 Å². The van der Waals surface area contributed by atoms with Crippen molar-refractivity contribution >= 4 is 0 Å². The second-order valence-electron chi connectivity index (χ2n) is 4.90. The number of pyridine rings is 1. The second-order valence-corrected chi connectivity index (χ2v) is 4.90. The van der Waals surface area contributed by atoms with E-state index >= 15 is 0 Å². The number of aromatic nitrogens is 1. The average Bonchev–Trinajstić information content (AvgIpc) is 2.28. The first-order valence-corrected chi connectivity index (χ1v) is 7.02. The van der Waals surface area contributed by atoms with Gasteiger partial charge in [0.15, 0.2) is 0 Å². The first-order valence-electron chi connectivity index (χ1n) is 7.02. The molecule has 18 heavy (non-hydrogen) atoms. The molecule has 0 saturated carbocycles. The molecule has 0 saturated heterocycles. The van der Waals surface area contributed by atoms with E-state index in [-0.39, 0.29) is 6.10 Å². The van der Waals surface area contributed by atoms with Gasteiger partial charge in [-0.25, -0.2) is 4.98 Å². The standard InChI is InChI=1S/C15H26N2O/c1-5-7-14-9-13(11-16-8-6-2)10-15(17-14)18-12(3)4/h9-10,12,16H,5-8,11H2,1-4H3. The molecule has 0 spiro atoms. The largest absolute Gasteiger partial charge is 0.475 e. The number of nitrogens with one attached hydrogen (secondary N) is 1. The smallest absolute Gasteiger partial charge is 0.214 e. The Hall–Kier alpha value is -1.09. The van der Waals surface area contributed by atoms with Gasteiger partial charge in [-0.3, -0.25) is 0 Å². The fourth-order valence-electron chi connectivity index (χ4n) is 1.82. The molecule has 1 aromatic rings. The van der Waals surface area contributed by atoms with Crippen LogP contribution < -0.4 is 10.1 Å². The van der Waals surface area contributed by atoms with E-state index in [9.17, 15) is 0 Å². The van der Waals surface area contributed by atoms with Crippen molar-refractivity contribution in [3.63, 3.8) is 0 Å². The van der Waals surface area contributed by atoms with Gasteiger partial charge in [0.1, 0.15) is 0 Å². The lowest BCUT2D eigenvalue weighted by atomic mass is 10.1. The van der Waals surface area contributed by atoms with Crippen molar-refractivity contribution in [2.24, 2.45) is 0 Å². The summed E-state index contributed by atoms with van der Waals surface area (Å²) in [6.45, 7) is 10.3. The predicted molar refractivity (Wildman–Crippen MR) is 76.0 cm³/mol. The van der Waals surface area contributed by atoms with E-state index < -0.39 is 0 Å². The highest BCUT2D eigenvalue weighted by molar-refractivity contribution is 5.25. The fourth-order valence-corrected chi connectivity index (χ4v) is 1.82. The van der Waals surface area contributed by atoms with E-state index in [4.69, 9.17) is 4.74 Å². The van der Waals surface area contributed by atoms with E-state index in [0.29, 0.717) is 0 Å². The van der Waals surface area contributed by atoms with Crippen LogP contribution in [-0.2, 0) is 13.0 Å². The molecule has 0 fully saturated rings. The van der Waals surface area contributed by atoms with Gasteiger partial charge in [-0.05, 0) is 44.9 Å². The molecule has 1 rings (SSSR count). The molecule has 102 valence electrons. The summed E-state index contributed by atoms with van der Waals surface area (Å²) in [5.41, 5.74) is 2.39. The van der Waals surface area contributed by atoms with Crippen molar-refractivity contribution in [2.75, 3.05) is 6.54 Å². The zero-order valence-corrected chi connectivity index (χ0v) is 12.1. The second kappa shape index (κ2) is 8.09. The van der Waals surface area contributed by atoms with Gasteiger partial charge < -0.3 is 10.1 Å². The molecule has 1 heterocycles. The van der Waals surface area contributed by atoms with Crippen LogP contribution in [0.2, 0.25) is 0 Å². The normalized spacial score (nSPS) is 10.9. The van der Waals surface area contributed by atoms with Crippen LogP contribution in [-0.4, -0.2) is 17.6 Å². The summed E-state index contributed by atoms with van der Waals surface area (Å²) in [6.07, 6.45) is 3.45. The minimum atomic E-state index is 0.172. The van der Waals surface area contributed by atoms with E-state index in [1.165, 1.54) is 5.56 Å². The van der Waals surface area contributed by atoms with Crippen LogP contribution in [0.3, 0.4) is 0 Å². The van der Waals surface area contributed by atoms with Crippen LogP contribution >= 0.6 is 0 Å². The highest BCUT2D eigenvalue weighted by Gasteiger charge is 2.05. The number of ether oxygens (including phenoxy) is 1. The minimum absolute atomic E-state index is 0.172. The zero-order chi connectivity index (χ0) is 13.4. The monoisotopic (exact) mass is 250 g/mol. The van der Waals surface area contributed by atoms with E-state index in [0.717, 1.165) is 43.9 Å². The lowest BCUT2D eigenvalue weighted by Gasteiger charge is -2.12. The highest BCUT2D eigenvalue weighted by atomic mass is 16.5. The number of aryl methyl sites for hydroxylation is 1. The van der Waals surface area contributed by atoms with Crippen LogP contribution in [0.5, 0.6) is 5.88 Å². The lowest BCUT2D eigenvalue weighted by molar-refractivity contribution is 0.231. The molecule has 1 N–H and O–H groups in total. The van der Waals surface area contributed by atoms with Gasteiger partial charge in [-0.1, -0.05) is 20.3 Å². The van der Waals surface area contributed by atoms with Crippen LogP contribution in [0, 0.1) is 0 Å². The number of hydrogen-bond donors (Lipinski definition) is 1. The quantitative estimate of drug-likeness (QED) is 0.719. The highest BCUT2D eigenvalue weighted by Crippen LogP contribution is 2.15. The van der Waals surface area contributed by atoms with Gasteiger partial charge in [-0.15, -0.1) is 0 Å². The Balaban J connectivity index is 2.77. The molecular weight excluding hydrogens is 224 g/mol. The van der Waals surface area contributed by atoms with Crippen molar-refractivity contribution in [2.45, 2.75) is 59.6 Å². The van der Waals surface area contributed by atoms with Crippen molar-refractivity contribution in [3.05, 3.63) is 23.4 Å². The molecule has 0 aliphatic rings. The Kier molecular flexibility index (Phi) is 6.73. The number of nitrogens with zero attached hydrogens (tertiary/aromatic N) is 1. The molecule has 1 aromatic heterocycles. The molecule has 0 aliphatic carbocycles. The first-order chi connectivity index (χ1) is 8.65. The molecule has 0 aliphatic heterocycles. The summed E-state index contributed by atoms with van der Waals surface area (Å²) < 4.78 is 5.71. The van der Waals surface area contributed by atoms with Crippen molar-refractivity contribution in [1.29, 1.82) is 0 Å². The molecule has 3 nitrogen and oxygen atoms in total. The predicted octanol–water partition coefficient (Wildman–Crippen LogP) is 3.32. The SMILES string of the molecule is CCCNCc1cc(CCC)nc(OC(C)C)c1. The Morgan fingerprint density at radius 2 is 2.00 bits per heavy atom. The van der Waals surface area contributed by atoms with Crippen molar-refractivity contribution in [3.8, 4) is 5.88 Å². The van der Waals surface area contributed by atoms with E-state index in [2.05, 4.69) is 30.2 Å². The maximum atomic E-state index is 5.71. The third kappa shape index (κ3) is 5.50. The summed E-state index contributed by atoms with van der Waals surface area (Å²) in [7, 11) is 0. The summed E-state index contributed by atoms with van der Waals surface area (Å²) >= 11 is 0. The topological polar surface area (TPSA) is 34.2 Å². The zero-order valence-electron chi connectivity index (χ0n) is 12.1. The molecule has 0 atom stereocenters. The molecule has 0 unspecified atom stereocenters. The average molecular weight is 250 g/mol. The van der Waals surface area contributed by atoms with Gasteiger partial charge in [0, 0.05) is 18.3 Å². The Bertz CT molecular complexity index is 350. The fraction of sp³-hybridized carbons (Fsp3) is 0.667. The molecule has 0 radical (unpaired) electrons. The van der Waals surface area contributed by atoms with Crippen LogP contribution in [0.15, 0.2) is 12.1 Å². The number of hydrogen-bond acceptors (Lipinski definition) is 3. The van der Waals surface area contributed by atoms with E-state index in [1.807, 2.05) is 19.9 Å². The van der Waals surface area contributed by atoms with Crippen molar-refractivity contribution in [1.82, 2.24) is 10.3 Å². The summed E-state index contributed by atoms with van der Waals surface area (Å²) in [5, 5.41) is 3.42. The molecule has 0 aromatic carbocycles. The Labute approximate surface area is 111 Å². The molecule has 0 amide bonds. The van der Waals surface area contributed by atoms with Gasteiger partial charge in [0.25, 0.3) is 0 Å².